The Labute approximate surface area is 105 Å². The molecule has 1 N–H and O–H groups in total. The molecular weight excluding hydrogens is 216 g/mol. The minimum Gasteiger partial charge on any atom is -0.464 e. The van der Waals surface area contributed by atoms with Gasteiger partial charge < -0.3 is 9.84 Å². The van der Waals surface area contributed by atoms with E-state index in [0.717, 1.165) is 25.7 Å². The van der Waals surface area contributed by atoms with E-state index in [1.54, 1.807) is 6.92 Å². The first-order valence-electron chi connectivity index (χ1n) is 6.99. The van der Waals surface area contributed by atoms with Gasteiger partial charge in [0.15, 0.2) is 5.60 Å². The average molecular weight is 242 g/mol. The first-order valence-corrected chi connectivity index (χ1v) is 6.99. The smallest absolute Gasteiger partial charge is 0.338 e. The molecule has 100 valence electrons. The molecule has 3 atom stereocenters. The molecule has 1 rings (SSSR count). The molecule has 0 spiro atoms. The number of aliphatic hydroxyl groups is 1. The maximum absolute atomic E-state index is 12.0. The van der Waals surface area contributed by atoms with Crippen LogP contribution in [0.3, 0.4) is 0 Å². The van der Waals surface area contributed by atoms with E-state index < -0.39 is 11.6 Å². The van der Waals surface area contributed by atoms with Gasteiger partial charge >= 0.3 is 5.97 Å². The van der Waals surface area contributed by atoms with Crippen LogP contribution in [-0.2, 0) is 9.53 Å². The lowest BCUT2D eigenvalue weighted by atomic mass is 9.68. The van der Waals surface area contributed by atoms with Crippen molar-refractivity contribution in [2.75, 3.05) is 6.61 Å². The molecule has 0 saturated heterocycles. The highest BCUT2D eigenvalue weighted by Crippen LogP contribution is 2.41. The van der Waals surface area contributed by atoms with Crippen molar-refractivity contribution in [3.8, 4) is 0 Å². The molecule has 1 saturated carbocycles. The van der Waals surface area contributed by atoms with Crippen LogP contribution in [0.1, 0.15) is 59.3 Å². The highest BCUT2D eigenvalue weighted by atomic mass is 16.5. The predicted molar refractivity (Wildman–Crippen MR) is 67.6 cm³/mol. The van der Waals surface area contributed by atoms with Crippen LogP contribution in [0.4, 0.5) is 0 Å². The van der Waals surface area contributed by atoms with Crippen LogP contribution in [0, 0.1) is 11.8 Å². The highest BCUT2D eigenvalue weighted by molar-refractivity contribution is 5.79. The fraction of sp³-hybridized carbons (Fsp3) is 0.929. The molecule has 0 heterocycles. The van der Waals surface area contributed by atoms with E-state index >= 15 is 0 Å². The maximum atomic E-state index is 12.0. The molecular formula is C14H26O3. The van der Waals surface area contributed by atoms with Crippen molar-refractivity contribution in [1.82, 2.24) is 0 Å². The first-order chi connectivity index (χ1) is 8.10. The minimum atomic E-state index is -1.27. The van der Waals surface area contributed by atoms with Gasteiger partial charge in [-0.3, -0.25) is 0 Å². The Bertz CT molecular complexity index is 252. The van der Waals surface area contributed by atoms with E-state index in [4.69, 9.17) is 4.74 Å². The van der Waals surface area contributed by atoms with Gasteiger partial charge in [0.25, 0.3) is 0 Å². The molecule has 3 unspecified atom stereocenters. The summed E-state index contributed by atoms with van der Waals surface area (Å²) in [6.07, 6.45) is 5.89. The first kappa shape index (κ1) is 14.5. The van der Waals surface area contributed by atoms with Gasteiger partial charge in [-0.15, -0.1) is 0 Å². The molecule has 0 aromatic rings. The van der Waals surface area contributed by atoms with E-state index in [1.807, 2.05) is 6.92 Å². The Morgan fingerprint density at radius 3 is 2.47 bits per heavy atom. The quantitative estimate of drug-likeness (QED) is 0.754. The molecule has 0 radical (unpaired) electrons. The van der Waals surface area contributed by atoms with E-state index in [9.17, 15) is 9.90 Å². The second kappa shape index (κ2) is 6.39. The van der Waals surface area contributed by atoms with Crippen molar-refractivity contribution in [1.29, 1.82) is 0 Å². The number of carbonyl (C=O) groups is 1. The van der Waals surface area contributed by atoms with Crippen LogP contribution >= 0.6 is 0 Å². The zero-order valence-corrected chi connectivity index (χ0v) is 11.4. The van der Waals surface area contributed by atoms with Gasteiger partial charge in [0.2, 0.25) is 0 Å². The van der Waals surface area contributed by atoms with Gasteiger partial charge in [-0.2, -0.15) is 0 Å². The SMILES string of the molecule is CCOC(=O)C(O)(CC)C1CCCCC1CC. The van der Waals surface area contributed by atoms with Crippen molar-refractivity contribution in [2.45, 2.75) is 64.9 Å². The molecule has 1 aliphatic carbocycles. The van der Waals surface area contributed by atoms with Gasteiger partial charge in [-0.1, -0.05) is 39.5 Å². The standard InChI is InChI=1S/C14H26O3/c1-4-11-9-7-8-10-12(11)14(16,5-2)13(15)17-6-3/h11-12,16H,4-10H2,1-3H3. The fourth-order valence-corrected chi connectivity index (χ4v) is 3.14. The Kier molecular flexibility index (Phi) is 5.44. The second-order valence-corrected chi connectivity index (χ2v) is 5.06. The minimum absolute atomic E-state index is 0.0744. The molecule has 3 heteroatoms. The maximum Gasteiger partial charge on any atom is 0.338 e. The summed E-state index contributed by atoms with van der Waals surface area (Å²) < 4.78 is 5.06. The van der Waals surface area contributed by atoms with E-state index in [0.29, 0.717) is 18.9 Å². The molecule has 0 amide bonds. The summed E-state index contributed by atoms with van der Waals surface area (Å²) in [6, 6.07) is 0. The van der Waals surface area contributed by atoms with Crippen LogP contribution in [-0.4, -0.2) is 23.3 Å². The second-order valence-electron chi connectivity index (χ2n) is 5.06. The summed E-state index contributed by atoms with van der Waals surface area (Å²) in [5, 5.41) is 10.7. The molecule has 0 bridgehead atoms. The normalized spacial score (nSPS) is 28.5. The van der Waals surface area contributed by atoms with Gasteiger partial charge in [0, 0.05) is 5.92 Å². The lowest BCUT2D eigenvalue weighted by molar-refractivity contribution is -0.176. The van der Waals surface area contributed by atoms with Crippen molar-refractivity contribution in [2.24, 2.45) is 11.8 Å². The summed E-state index contributed by atoms with van der Waals surface area (Å²) in [6.45, 7) is 6.14. The number of hydrogen-bond acceptors (Lipinski definition) is 3. The van der Waals surface area contributed by atoms with Gasteiger partial charge in [0.1, 0.15) is 0 Å². The van der Waals surface area contributed by atoms with Crippen molar-refractivity contribution >= 4 is 5.97 Å². The van der Waals surface area contributed by atoms with Crippen molar-refractivity contribution in [3.05, 3.63) is 0 Å². The van der Waals surface area contributed by atoms with Crippen molar-refractivity contribution < 1.29 is 14.6 Å². The van der Waals surface area contributed by atoms with E-state index in [2.05, 4.69) is 6.92 Å². The third kappa shape index (κ3) is 3.01. The largest absolute Gasteiger partial charge is 0.464 e. The summed E-state index contributed by atoms with van der Waals surface area (Å²) >= 11 is 0. The molecule has 0 aromatic heterocycles. The zero-order valence-electron chi connectivity index (χ0n) is 11.4. The van der Waals surface area contributed by atoms with Crippen LogP contribution in [0.2, 0.25) is 0 Å². The van der Waals surface area contributed by atoms with E-state index in [1.165, 1.54) is 6.42 Å². The predicted octanol–water partition coefficient (Wildman–Crippen LogP) is 2.91. The lowest BCUT2D eigenvalue weighted by Gasteiger charge is -2.40. The van der Waals surface area contributed by atoms with Crippen LogP contribution in [0.15, 0.2) is 0 Å². The van der Waals surface area contributed by atoms with Crippen LogP contribution in [0.25, 0.3) is 0 Å². The fourth-order valence-electron chi connectivity index (χ4n) is 3.14. The van der Waals surface area contributed by atoms with Crippen LogP contribution in [0.5, 0.6) is 0 Å². The third-order valence-electron chi connectivity index (χ3n) is 4.21. The van der Waals surface area contributed by atoms with Gasteiger partial charge in [-0.25, -0.2) is 4.79 Å². The molecule has 17 heavy (non-hydrogen) atoms. The molecule has 3 nitrogen and oxygen atoms in total. The summed E-state index contributed by atoms with van der Waals surface area (Å²) in [5.74, 6) is 0.108. The van der Waals surface area contributed by atoms with Crippen molar-refractivity contribution in [3.63, 3.8) is 0 Å². The summed E-state index contributed by atoms with van der Waals surface area (Å²) in [4.78, 5) is 12.0. The summed E-state index contributed by atoms with van der Waals surface area (Å²) in [7, 11) is 0. The topological polar surface area (TPSA) is 46.5 Å². The zero-order chi connectivity index (χ0) is 12.9. The Morgan fingerprint density at radius 1 is 1.29 bits per heavy atom. The number of esters is 1. The number of ether oxygens (including phenoxy) is 1. The Hall–Kier alpha value is -0.570. The molecule has 0 aliphatic heterocycles. The summed E-state index contributed by atoms with van der Waals surface area (Å²) in [5.41, 5.74) is -1.27. The Balaban J connectivity index is 2.85. The van der Waals surface area contributed by atoms with Gasteiger partial charge in [0.05, 0.1) is 6.61 Å². The van der Waals surface area contributed by atoms with Gasteiger partial charge in [-0.05, 0) is 25.7 Å². The Morgan fingerprint density at radius 2 is 1.94 bits per heavy atom. The number of carbonyl (C=O) groups excluding carboxylic acids is 1. The monoisotopic (exact) mass is 242 g/mol. The molecule has 1 aliphatic rings. The third-order valence-corrected chi connectivity index (χ3v) is 4.21. The number of rotatable bonds is 5. The number of hydrogen-bond donors (Lipinski definition) is 1. The van der Waals surface area contributed by atoms with Crippen LogP contribution < -0.4 is 0 Å². The van der Waals surface area contributed by atoms with E-state index in [-0.39, 0.29) is 5.92 Å². The lowest BCUT2D eigenvalue weighted by Crippen LogP contribution is -2.50. The highest BCUT2D eigenvalue weighted by Gasteiger charge is 2.47. The molecule has 1 fully saturated rings. The average Bonchev–Trinajstić information content (AvgIpc) is 2.38. The molecule has 0 aromatic carbocycles.